The molecule has 1 amide bonds. The van der Waals surface area contributed by atoms with E-state index in [0.29, 0.717) is 16.8 Å². The van der Waals surface area contributed by atoms with Crippen molar-refractivity contribution in [2.45, 2.75) is 6.54 Å². The van der Waals surface area contributed by atoms with Crippen molar-refractivity contribution >= 4 is 11.7 Å². The summed E-state index contributed by atoms with van der Waals surface area (Å²) in [6, 6.07) is 6.77. The molecule has 2 aromatic heterocycles. The summed E-state index contributed by atoms with van der Waals surface area (Å²) in [7, 11) is 3.84. The summed E-state index contributed by atoms with van der Waals surface area (Å²) >= 11 is 0. The maximum Gasteiger partial charge on any atom is 0.252 e. The van der Waals surface area contributed by atoms with Crippen LogP contribution >= 0.6 is 0 Å². The summed E-state index contributed by atoms with van der Waals surface area (Å²) in [5.41, 5.74) is 1.37. The van der Waals surface area contributed by atoms with Gasteiger partial charge < -0.3 is 15.4 Å². The average Bonchev–Trinajstić information content (AvgIpc) is 2.46. The predicted molar refractivity (Wildman–Crippen MR) is 75.1 cm³/mol. The number of nitrogens with zero attached hydrogens (tertiary/aromatic N) is 3. The van der Waals surface area contributed by atoms with Gasteiger partial charge in [-0.15, -0.1) is 0 Å². The zero-order valence-electron chi connectivity index (χ0n) is 11.4. The van der Waals surface area contributed by atoms with Gasteiger partial charge in [-0.3, -0.25) is 4.79 Å². The number of rotatable bonds is 4. The van der Waals surface area contributed by atoms with E-state index in [9.17, 15) is 10.0 Å². The molecule has 0 aliphatic heterocycles. The topological polar surface area (TPSA) is 72.2 Å². The third-order valence-corrected chi connectivity index (χ3v) is 2.78. The SMILES string of the molecule is CN(C)c1ccc(CNC(=O)c2cc[n+]([O-])cc2)cn1. The van der Waals surface area contributed by atoms with Crippen molar-refractivity contribution in [1.29, 1.82) is 0 Å². The molecule has 0 spiro atoms. The minimum Gasteiger partial charge on any atom is -0.619 e. The molecular formula is C14H16N4O2. The van der Waals surface area contributed by atoms with Crippen LogP contribution in [0.25, 0.3) is 0 Å². The second-order valence-corrected chi connectivity index (χ2v) is 4.55. The molecular weight excluding hydrogens is 256 g/mol. The summed E-state index contributed by atoms with van der Waals surface area (Å²) in [6.45, 7) is 0.395. The molecule has 0 saturated heterocycles. The zero-order valence-corrected chi connectivity index (χ0v) is 11.4. The predicted octanol–water partition coefficient (Wildman–Crippen LogP) is 0.711. The van der Waals surface area contributed by atoms with Gasteiger partial charge in [-0.2, -0.15) is 4.73 Å². The molecule has 0 aliphatic carbocycles. The largest absolute Gasteiger partial charge is 0.619 e. The van der Waals surface area contributed by atoms with Crippen molar-refractivity contribution < 1.29 is 9.52 Å². The first-order valence-electron chi connectivity index (χ1n) is 6.15. The minimum absolute atomic E-state index is 0.220. The Balaban J connectivity index is 1.94. The lowest BCUT2D eigenvalue weighted by Gasteiger charge is -2.11. The van der Waals surface area contributed by atoms with E-state index in [2.05, 4.69) is 10.3 Å². The highest BCUT2D eigenvalue weighted by Crippen LogP contribution is 2.07. The van der Waals surface area contributed by atoms with Gasteiger partial charge in [-0.1, -0.05) is 6.07 Å². The van der Waals surface area contributed by atoms with Crippen LogP contribution in [0.1, 0.15) is 15.9 Å². The van der Waals surface area contributed by atoms with Crippen molar-refractivity contribution in [2.24, 2.45) is 0 Å². The monoisotopic (exact) mass is 272 g/mol. The summed E-state index contributed by atoms with van der Waals surface area (Å²) < 4.78 is 0.640. The molecule has 6 heteroatoms. The van der Waals surface area contributed by atoms with Crippen LogP contribution in [-0.4, -0.2) is 25.0 Å². The summed E-state index contributed by atoms with van der Waals surface area (Å²) in [5, 5.41) is 13.7. The Hall–Kier alpha value is -2.63. The molecule has 0 aromatic carbocycles. The normalized spacial score (nSPS) is 10.1. The van der Waals surface area contributed by atoms with Crippen molar-refractivity contribution in [2.75, 3.05) is 19.0 Å². The van der Waals surface area contributed by atoms with Crippen LogP contribution in [0.15, 0.2) is 42.9 Å². The fourth-order valence-electron chi connectivity index (χ4n) is 1.63. The standard InChI is InChI=1S/C14H16N4O2/c1-17(2)13-4-3-11(9-15-13)10-16-14(19)12-5-7-18(20)8-6-12/h3-9H,10H2,1-2H3,(H,16,19). The summed E-state index contributed by atoms with van der Waals surface area (Å²) in [6.07, 6.45) is 4.32. The van der Waals surface area contributed by atoms with Crippen LogP contribution in [-0.2, 0) is 6.54 Å². The highest BCUT2D eigenvalue weighted by atomic mass is 16.5. The van der Waals surface area contributed by atoms with E-state index in [0.717, 1.165) is 11.4 Å². The number of amides is 1. The highest BCUT2D eigenvalue weighted by molar-refractivity contribution is 5.93. The Morgan fingerprint density at radius 1 is 1.30 bits per heavy atom. The number of aromatic nitrogens is 2. The van der Waals surface area contributed by atoms with Gasteiger partial charge in [0.2, 0.25) is 0 Å². The smallest absolute Gasteiger partial charge is 0.252 e. The van der Waals surface area contributed by atoms with E-state index < -0.39 is 0 Å². The minimum atomic E-state index is -0.220. The first kappa shape index (κ1) is 13.8. The zero-order chi connectivity index (χ0) is 14.5. The molecule has 2 rings (SSSR count). The van der Waals surface area contributed by atoms with Gasteiger partial charge in [0.1, 0.15) is 5.82 Å². The van der Waals surface area contributed by atoms with Crippen LogP contribution in [0, 0.1) is 5.21 Å². The Labute approximate surface area is 117 Å². The number of hydrogen-bond donors (Lipinski definition) is 1. The molecule has 6 nitrogen and oxygen atoms in total. The van der Waals surface area contributed by atoms with Crippen LogP contribution < -0.4 is 14.9 Å². The number of carbonyl (C=O) groups is 1. The molecule has 0 fully saturated rings. The second-order valence-electron chi connectivity index (χ2n) is 4.55. The lowest BCUT2D eigenvalue weighted by Crippen LogP contribution is -2.27. The molecule has 0 aliphatic rings. The fourth-order valence-corrected chi connectivity index (χ4v) is 1.63. The van der Waals surface area contributed by atoms with Crippen LogP contribution in [0.3, 0.4) is 0 Å². The van der Waals surface area contributed by atoms with Gasteiger partial charge in [-0.05, 0) is 11.6 Å². The molecule has 0 unspecified atom stereocenters. The first-order chi connectivity index (χ1) is 9.56. The number of hydrogen-bond acceptors (Lipinski definition) is 4. The molecule has 0 bridgehead atoms. The first-order valence-corrected chi connectivity index (χ1v) is 6.15. The number of anilines is 1. The van der Waals surface area contributed by atoms with Crippen LogP contribution in [0.5, 0.6) is 0 Å². The number of nitrogens with one attached hydrogen (secondary N) is 1. The molecule has 20 heavy (non-hydrogen) atoms. The van der Waals surface area contributed by atoms with Gasteiger partial charge in [0.05, 0.1) is 5.56 Å². The van der Waals surface area contributed by atoms with Gasteiger partial charge in [0.25, 0.3) is 5.91 Å². The number of pyridine rings is 2. The highest BCUT2D eigenvalue weighted by Gasteiger charge is 2.06. The van der Waals surface area contributed by atoms with Crippen LogP contribution in [0.2, 0.25) is 0 Å². The summed E-state index contributed by atoms with van der Waals surface area (Å²) in [4.78, 5) is 18.0. The lowest BCUT2D eigenvalue weighted by molar-refractivity contribution is -0.605. The van der Waals surface area contributed by atoms with Crippen LogP contribution in [0.4, 0.5) is 5.82 Å². The molecule has 0 radical (unpaired) electrons. The molecule has 0 saturated carbocycles. The van der Waals surface area contributed by atoms with E-state index >= 15 is 0 Å². The maximum atomic E-state index is 11.9. The molecule has 2 aromatic rings. The fraction of sp³-hybridized carbons (Fsp3) is 0.214. The Morgan fingerprint density at radius 3 is 2.55 bits per heavy atom. The van der Waals surface area contributed by atoms with E-state index in [-0.39, 0.29) is 5.91 Å². The van der Waals surface area contributed by atoms with Gasteiger partial charge in [-0.25, -0.2) is 4.98 Å². The molecule has 1 N–H and O–H groups in total. The number of carbonyl (C=O) groups excluding carboxylic acids is 1. The van der Waals surface area contributed by atoms with Gasteiger partial charge in [0.15, 0.2) is 12.4 Å². The second kappa shape index (κ2) is 6.01. The van der Waals surface area contributed by atoms with E-state index in [1.54, 1.807) is 6.20 Å². The van der Waals surface area contributed by atoms with Gasteiger partial charge in [0, 0.05) is 39.0 Å². The lowest BCUT2D eigenvalue weighted by atomic mass is 10.2. The van der Waals surface area contributed by atoms with E-state index in [1.807, 2.05) is 31.1 Å². The Morgan fingerprint density at radius 2 is 2.00 bits per heavy atom. The van der Waals surface area contributed by atoms with Crippen molar-refractivity contribution in [3.05, 3.63) is 59.2 Å². The molecule has 104 valence electrons. The Bertz CT molecular complexity index is 579. The maximum absolute atomic E-state index is 11.9. The quantitative estimate of drug-likeness (QED) is 0.657. The third-order valence-electron chi connectivity index (χ3n) is 2.78. The third kappa shape index (κ3) is 3.44. The van der Waals surface area contributed by atoms with Gasteiger partial charge >= 0.3 is 0 Å². The molecule has 2 heterocycles. The van der Waals surface area contributed by atoms with E-state index in [4.69, 9.17) is 0 Å². The molecule has 0 atom stereocenters. The van der Waals surface area contributed by atoms with Crippen molar-refractivity contribution in [1.82, 2.24) is 10.3 Å². The summed E-state index contributed by atoms with van der Waals surface area (Å²) in [5.74, 6) is 0.644. The van der Waals surface area contributed by atoms with E-state index in [1.165, 1.54) is 24.5 Å². The Kier molecular flexibility index (Phi) is 4.14. The van der Waals surface area contributed by atoms with Crippen molar-refractivity contribution in [3.8, 4) is 0 Å². The van der Waals surface area contributed by atoms with Crippen molar-refractivity contribution in [3.63, 3.8) is 0 Å². The average molecular weight is 272 g/mol.